The summed E-state index contributed by atoms with van der Waals surface area (Å²) < 4.78 is 23.9. The van der Waals surface area contributed by atoms with E-state index in [2.05, 4.69) is 10.5 Å². The van der Waals surface area contributed by atoms with Crippen LogP contribution in [0.4, 0.5) is 4.39 Å². The fourth-order valence-electron chi connectivity index (χ4n) is 2.52. The Labute approximate surface area is 149 Å². The van der Waals surface area contributed by atoms with E-state index in [1.165, 1.54) is 26.4 Å². The normalized spacial score (nSPS) is 14.8. The van der Waals surface area contributed by atoms with E-state index in [0.29, 0.717) is 29.2 Å². The lowest BCUT2D eigenvalue weighted by Crippen LogP contribution is -2.22. The second kappa shape index (κ2) is 7.57. The number of halogens is 1. The first kappa shape index (κ1) is 17.3. The summed E-state index contributed by atoms with van der Waals surface area (Å²) in [7, 11) is 3.03. The van der Waals surface area contributed by atoms with Crippen LogP contribution in [0.2, 0.25) is 0 Å². The Morgan fingerprint density at radius 2 is 1.96 bits per heavy atom. The van der Waals surface area contributed by atoms with Crippen LogP contribution in [0.15, 0.2) is 46.4 Å². The van der Waals surface area contributed by atoms with Gasteiger partial charge in [-0.25, -0.2) is 9.82 Å². The van der Waals surface area contributed by atoms with Gasteiger partial charge in [-0.3, -0.25) is 4.79 Å². The number of fused-ring (bicyclic) bond motifs is 1. The molecular formula is C18H17FN2O3S. The van der Waals surface area contributed by atoms with Gasteiger partial charge >= 0.3 is 0 Å². The summed E-state index contributed by atoms with van der Waals surface area (Å²) in [5.41, 5.74) is 4.33. The molecule has 7 heteroatoms. The van der Waals surface area contributed by atoms with Gasteiger partial charge in [-0.1, -0.05) is 0 Å². The van der Waals surface area contributed by atoms with E-state index in [9.17, 15) is 9.18 Å². The molecule has 25 heavy (non-hydrogen) atoms. The molecule has 5 nitrogen and oxygen atoms in total. The lowest BCUT2D eigenvalue weighted by molar-refractivity contribution is 0.0954. The van der Waals surface area contributed by atoms with Crippen molar-refractivity contribution in [3.05, 3.63) is 53.3 Å². The summed E-state index contributed by atoms with van der Waals surface area (Å²) in [6.45, 7) is 0. The zero-order chi connectivity index (χ0) is 17.8. The SMILES string of the molecule is COc1ccc(C(=O)N/N=C2/CCSc3ccc(F)cc32)cc1OC. The third kappa shape index (κ3) is 3.76. The number of carbonyl (C=O) groups excluding carboxylic acids is 1. The fourth-order valence-corrected chi connectivity index (χ4v) is 3.53. The Balaban J connectivity index is 1.81. The van der Waals surface area contributed by atoms with Crippen LogP contribution in [0.5, 0.6) is 11.5 Å². The van der Waals surface area contributed by atoms with Crippen molar-refractivity contribution in [2.24, 2.45) is 5.10 Å². The summed E-state index contributed by atoms with van der Waals surface area (Å²) in [6.07, 6.45) is 0.660. The highest BCUT2D eigenvalue weighted by molar-refractivity contribution is 7.99. The van der Waals surface area contributed by atoms with Crippen molar-refractivity contribution in [1.29, 1.82) is 0 Å². The first-order valence-electron chi connectivity index (χ1n) is 7.64. The van der Waals surface area contributed by atoms with Crippen LogP contribution in [0.1, 0.15) is 22.3 Å². The van der Waals surface area contributed by atoms with E-state index in [0.717, 1.165) is 16.2 Å². The molecule has 0 fully saturated rings. The Morgan fingerprint density at radius 3 is 2.72 bits per heavy atom. The second-order valence-corrected chi connectivity index (χ2v) is 6.44. The molecule has 2 aromatic rings. The number of nitrogens with zero attached hydrogens (tertiary/aromatic N) is 1. The second-order valence-electron chi connectivity index (χ2n) is 5.31. The van der Waals surface area contributed by atoms with Crippen molar-refractivity contribution >= 4 is 23.4 Å². The highest BCUT2D eigenvalue weighted by Gasteiger charge is 2.18. The van der Waals surface area contributed by atoms with Crippen LogP contribution in [-0.2, 0) is 0 Å². The predicted molar refractivity (Wildman–Crippen MR) is 95.3 cm³/mol. The number of hydrazone groups is 1. The maximum Gasteiger partial charge on any atom is 0.271 e. The monoisotopic (exact) mass is 360 g/mol. The minimum Gasteiger partial charge on any atom is -0.493 e. The summed E-state index contributed by atoms with van der Waals surface area (Å²) in [5.74, 6) is 1.15. The Kier molecular flexibility index (Phi) is 5.23. The van der Waals surface area contributed by atoms with Crippen LogP contribution in [-0.4, -0.2) is 31.6 Å². The van der Waals surface area contributed by atoms with E-state index in [1.807, 2.05) is 0 Å². The number of ether oxygens (including phenoxy) is 2. The number of amides is 1. The van der Waals surface area contributed by atoms with Crippen LogP contribution < -0.4 is 14.9 Å². The number of nitrogens with one attached hydrogen (secondary N) is 1. The number of benzene rings is 2. The third-order valence-electron chi connectivity index (χ3n) is 3.79. The van der Waals surface area contributed by atoms with Crippen molar-refractivity contribution in [2.75, 3.05) is 20.0 Å². The van der Waals surface area contributed by atoms with E-state index in [1.54, 1.807) is 36.0 Å². The molecule has 3 rings (SSSR count). The molecule has 1 N–H and O–H groups in total. The molecule has 1 heterocycles. The number of methoxy groups -OCH3 is 2. The largest absolute Gasteiger partial charge is 0.493 e. The van der Waals surface area contributed by atoms with Gasteiger partial charge in [0.2, 0.25) is 0 Å². The quantitative estimate of drug-likeness (QED) is 0.848. The van der Waals surface area contributed by atoms with Gasteiger partial charge in [-0.2, -0.15) is 5.10 Å². The molecule has 0 saturated carbocycles. The molecule has 0 aliphatic carbocycles. The molecule has 0 saturated heterocycles. The molecule has 1 aliphatic heterocycles. The average Bonchev–Trinajstić information content (AvgIpc) is 2.65. The van der Waals surface area contributed by atoms with Gasteiger partial charge < -0.3 is 9.47 Å². The van der Waals surface area contributed by atoms with Crippen molar-refractivity contribution < 1.29 is 18.7 Å². The first-order chi connectivity index (χ1) is 12.1. The van der Waals surface area contributed by atoms with Crippen molar-refractivity contribution in [3.8, 4) is 11.5 Å². The summed E-state index contributed by atoms with van der Waals surface area (Å²) >= 11 is 1.65. The lowest BCUT2D eigenvalue weighted by Gasteiger charge is -2.17. The molecule has 1 aliphatic rings. The third-order valence-corrected chi connectivity index (χ3v) is 4.86. The number of thioether (sulfide) groups is 1. The van der Waals surface area contributed by atoms with E-state index in [-0.39, 0.29) is 11.7 Å². The predicted octanol–water partition coefficient (Wildman–Crippen LogP) is 3.47. The lowest BCUT2D eigenvalue weighted by atomic mass is 10.1. The summed E-state index contributed by atoms with van der Waals surface area (Å²) in [4.78, 5) is 13.3. The minimum absolute atomic E-state index is 0.319. The average molecular weight is 360 g/mol. The van der Waals surface area contributed by atoms with Crippen molar-refractivity contribution in [3.63, 3.8) is 0 Å². The molecular weight excluding hydrogens is 343 g/mol. The molecule has 130 valence electrons. The van der Waals surface area contributed by atoms with Gasteiger partial charge in [0.1, 0.15) is 5.82 Å². The highest BCUT2D eigenvalue weighted by Crippen LogP contribution is 2.31. The molecule has 0 radical (unpaired) electrons. The van der Waals surface area contributed by atoms with E-state index >= 15 is 0 Å². The topological polar surface area (TPSA) is 59.9 Å². The Morgan fingerprint density at radius 1 is 1.16 bits per heavy atom. The van der Waals surface area contributed by atoms with Gasteiger partial charge in [0.05, 0.1) is 19.9 Å². The van der Waals surface area contributed by atoms with Gasteiger partial charge in [-0.05, 0) is 36.4 Å². The molecule has 1 amide bonds. The zero-order valence-corrected chi connectivity index (χ0v) is 14.7. The van der Waals surface area contributed by atoms with Gasteiger partial charge in [0.25, 0.3) is 5.91 Å². The van der Waals surface area contributed by atoms with E-state index in [4.69, 9.17) is 9.47 Å². The van der Waals surface area contributed by atoms with Crippen LogP contribution in [0, 0.1) is 5.82 Å². The maximum atomic E-state index is 13.5. The van der Waals surface area contributed by atoms with Crippen molar-refractivity contribution in [2.45, 2.75) is 11.3 Å². The van der Waals surface area contributed by atoms with E-state index < -0.39 is 0 Å². The smallest absolute Gasteiger partial charge is 0.271 e. The standard InChI is InChI=1S/C18H17FN2O3S/c1-23-15-5-3-11(9-16(15)24-2)18(22)21-20-14-7-8-25-17-6-4-12(19)10-13(14)17/h3-6,9-10H,7-8H2,1-2H3,(H,21,22)/b20-14-. The summed E-state index contributed by atoms with van der Waals surface area (Å²) in [6, 6.07) is 9.47. The number of hydrogen-bond acceptors (Lipinski definition) is 5. The highest BCUT2D eigenvalue weighted by atomic mass is 32.2. The Hall–Kier alpha value is -2.54. The van der Waals surface area contributed by atoms with Crippen LogP contribution >= 0.6 is 11.8 Å². The minimum atomic E-state index is -0.371. The molecule has 0 bridgehead atoms. The van der Waals surface area contributed by atoms with Crippen molar-refractivity contribution in [1.82, 2.24) is 5.43 Å². The van der Waals surface area contributed by atoms with Gasteiger partial charge in [0, 0.05) is 28.2 Å². The molecule has 0 spiro atoms. The van der Waals surface area contributed by atoms with Crippen LogP contribution in [0.3, 0.4) is 0 Å². The molecule has 0 atom stereocenters. The number of carbonyl (C=O) groups is 1. The zero-order valence-electron chi connectivity index (χ0n) is 13.8. The van der Waals surface area contributed by atoms with Gasteiger partial charge in [-0.15, -0.1) is 11.8 Å². The number of hydrogen-bond donors (Lipinski definition) is 1. The Bertz CT molecular complexity index is 839. The maximum absolute atomic E-state index is 13.5. The fraction of sp³-hybridized carbons (Fsp3) is 0.222. The molecule has 0 aromatic heterocycles. The first-order valence-corrected chi connectivity index (χ1v) is 8.62. The van der Waals surface area contributed by atoms with Gasteiger partial charge in [0.15, 0.2) is 11.5 Å². The molecule has 2 aromatic carbocycles. The summed E-state index contributed by atoms with van der Waals surface area (Å²) in [5, 5.41) is 4.21. The number of rotatable bonds is 4. The van der Waals surface area contributed by atoms with Crippen LogP contribution in [0.25, 0.3) is 0 Å². The molecule has 0 unspecified atom stereocenters.